The number of hydrogen-bond acceptors (Lipinski definition) is 5. The molecule has 0 bridgehead atoms. The van der Waals surface area contributed by atoms with Crippen LogP contribution in [0.15, 0.2) is 23.1 Å². The number of rotatable bonds is 3. The Morgan fingerprint density at radius 2 is 1.95 bits per heavy atom. The molecule has 0 unspecified atom stereocenters. The van der Waals surface area contributed by atoms with Gasteiger partial charge in [-0.15, -0.1) is 11.3 Å². The van der Waals surface area contributed by atoms with E-state index in [1.54, 1.807) is 37.7 Å². The Bertz CT molecular complexity index is 970. The molecule has 0 aliphatic heterocycles. The van der Waals surface area contributed by atoms with Crippen molar-refractivity contribution in [2.45, 2.75) is 25.7 Å². The van der Waals surface area contributed by atoms with E-state index in [4.69, 9.17) is 0 Å². The molecule has 0 saturated carbocycles. The zero-order chi connectivity index (χ0) is 16.1. The fourth-order valence-electron chi connectivity index (χ4n) is 2.45. The normalized spacial score (nSPS) is 12.0. The van der Waals surface area contributed by atoms with Crippen LogP contribution in [0.2, 0.25) is 0 Å². The first-order valence-corrected chi connectivity index (χ1v) is 8.98. The van der Waals surface area contributed by atoms with Gasteiger partial charge >= 0.3 is 0 Å². The molecule has 0 spiro atoms. The molecule has 0 atom stereocenters. The van der Waals surface area contributed by atoms with E-state index in [-0.39, 0.29) is 4.90 Å². The first kappa shape index (κ1) is 15.0. The molecule has 2 aromatic heterocycles. The van der Waals surface area contributed by atoms with Crippen LogP contribution in [0.3, 0.4) is 0 Å². The quantitative estimate of drug-likeness (QED) is 0.798. The smallest absolute Gasteiger partial charge is 0.265 e. The van der Waals surface area contributed by atoms with Crippen LogP contribution in [0.25, 0.3) is 10.2 Å². The SMILES string of the molecule is Cc1nc2ccc(NS(=O)(=O)c3c(C)nn(C)c3C)cc2s1. The maximum Gasteiger partial charge on any atom is 0.265 e. The van der Waals surface area contributed by atoms with Gasteiger partial charge in [-0.25, -0.2) is 13.4 Å². The van der Waals surface area contributed by atoms with E-state index in [0.29, 0.717) is 17.1 Å². The summed E-state index contributed by atoms with van der Waals surface area (Å²) in [5, 5.41) is 5.11. The third-order valence-corrected chi connectivity index (χ3v) is 6.03. The third-order valence-electron chi connectivity index (χ3n) is 3.46. The average molecular weight is 336 g/mol. The van der Waals surface area contributed by atoms with Gasteiger partial charge in [0.05, 0.1) is 32.3 Å². The van der Waals surface area contributed by atoms with Crippen LogP contribution in [-0.4, -0.2) is 23.2 Å². The highest BCUT2D eigenvalue weighted by atomic mass is 32.2. The van der Waals surface area contributed by atoms with Crippen molar-refractivity contribution in [2.75, 3.05) is 4.72 Å². The minimum Gasteiger partial charge on any atom is -0.279 e. The fraction of sp³-hybridized carbons (Fsp3) is 0.286. The molecule has 1 N–H and O–H groups in total. The Morgan fingerprint density at radius 3 is 2.59 bits per heavy atom. The summed E-state index contributed by atoms with van der Waals surface area (Å²) in [7, 11) is -1.94. The highest BCUT2D eigenvalue weighted by molar-refractivity contribution is 7.92. The van der Waals surface area contributed by atoms with Crippen molar-refractivity contribution in [2.24, 2.45) is 7.05 Å². The summed E-state index contributed by atoms with van der Waals surface area (Å²) in [6, 6.07) is 5.35. The van der Waals surface area contributed by atoms with Crippen LogP contribution < -0.4 is 4.72 Å². The van der Waals surface area contributed by atoms with E-state index >= 15 is 0 Å². The topological polar surface area (TPSA) is 76.9 Å². The maximum absolute atomic E-state index is 12.6. The molecule has 116 valence electrons. The van der Waals surface area contributed by atoms with E-state index in [9.17, 15) is 8.42 Å². The van der Waals surface area contributed by atoms with Gasteiger partial charge < -0.3 is 0 Å². The number of nitrogens with zero attached hydrogens (tertiary/aromatic N) is 3. The van der Waals surface area contributed by atoms with Crippen molar-refractivity contribution >= 4 is 37.3 Å². The maximum atomic E-state index is 12.6. The minimum atomic E-state index is -3.66. The molecule has 1 aromatic carbocycles. The summed E-state index contributed by atoms with van der Waals surface area (Å²) in [4.78, 5) is 4.60. The number of thiazole rings is 1. The van der Waals surface area contributed by atoms with Gasteiger partial charge in [0.15, 0.2) is 0 Å². The zero-order valence-electron chi connectivity index (χ0n) is 12.7. The molecular formula is C14H16N4O2S2. The summed E-state index contributed by atoms with van der Waals surface area (Å²) < 4.78 is 30.4. The van der Waals surface area contributed by atoms with Gasteiger partial charge in [0, 0.05) is 7.05 Å². The Balaban J connectivity index is 2.02. The molecule has 0 radical (unpaired) electrons. The lowest BCUT2D eigenvalue weighted by molar-refractivity contribution is 0.599. The Hall–Kier alpha value is -1.93. The molecule has 0 saturated heterocycles. The number of hydrogen-bond donors (Lipinski definition) is 1. The second-order valence-corrected chi connectivity index (χ2v) is 8.00. The summed E-state index contributed by atoms with van der Waals surface area (Å²) in [5.41, 5.74) is 2.50. The number of sulfonamides is 1. The second kappa shape index (κ2) is 5.06. The molecule has 0 amide bonds. The fourth-order valence-corrected chi connectivity index (χ4v) is 4.81. The predicted octanol–water partition coefficient (Wildman–Crippen LogP) is 2.76. The van der Waals surface area contributed by atoms with Crippen LogP contribution in [0, 0.1) is 20.8 Å². The summed E-state index contributed by atoms with van der Waals surface area (Å²) >= 11 is 1.54. The minimum absolute atomic E-state index is 0.232. The van der Waals surface area contributed by atoms with Crippen molar-refractivity contribution in [1.29, 1.82) is 0 Å². The van der Waals surface area contributed by atoms with Crippen LogP contribution in [0.5, 0.6) is 0 Å². The van der Waals surface area contributed by atoms with E-state index in [0.717, 1.165) is 15.2 Å². The lowest BCUT2D eigenvalue weighted by atomic mass is 10.3. The van der Waals surface area contributed by atoms with Gasteiger partial charge in [-0.3, -0.25) is 9.40 Å². The molecule has 3 aromatic rings. The molecular weight excluding hydrogens is 320 g/mol. The molecule has 3 rings (SSSR count). The van der Waals surface area contributed by atoms with Gasteiger partial charge in [-0.2, -0.15) is 5.10 Å². The third kappa shape index (κ3) is 2.48. The molecule has 0 aliphatic carbocycles. The van der Waals surface area contributed by atoms with E-state index in [1.165, 1.54) is 11.3 Å². The molecule has 0 aliphatic rings. The number of fused-ring (bicyclic) bond motifs is 1. The van der Waals surface area contributed by atoms with Crippen molar-refractivity contribution in [1.82, 2.24) is 14.8 Å². The number of aromatic nitrogens is 3. The highest BCUT2D eigenvalue weighted by Gasteiger charge is 2.24. The molecule has 2 heterocycles. The number of benzene rings is 1. The van der Waals surface area contributed by atoms with Crippen molar-refractivity contribution in [3.63, 3.8) is 0 Å². The molecule has 0 fully saturated rings. The second-order valence-electron chi connectivity index (χ2n) is 5.14. The Morgan fingerprint density at radius 1 is 1.23 bits per heavy atom. The van der Waals surface area contributed by atoms with Crippen molar-refractivity contribution in [3.8, 4) is 0 Å². The largest absolute Gasteiger partial charge is 0.279 e. The molecule has 6 nitrogen and oxygen atoms in total. The van der Waals surface area contributed by atoms with E-state index in [2.05, 4.69) is 14.8 Å². The Labute approximate surface area is 132 Å². The van der Waals surface area contributed by atoms with Gasteiger partial charge in [-0.05, 0) is 39.0 Å². The lowest BCUT2D eigenvalue weighted by Gasteiger charge is -2.08. The van der Waals surface area contributed by atoms with Gasteiger partial charge in [0.25, 0.3) is 10.0 Å². The van der Waals surface area contributed by atoms with E-state index < -0.39 is 10.0 Å². The average Bonchev–Trinajstić information content (AvgIpc) is 2.88. The lowest BCUT2D eigenvalue weighted by Crippen LogP contribution is -2.14. The van der Waals surface area contributed by atoms with Crippen molar-refractivity contribution in [3.05, 3.63) is 34.6 Å². The van der Waals surface area contributed by atoms with Gasteiger partial charge in [0.1, 0.15) is 4.90 Å². The summed E-state index contributed by atoms with van der Waals surface area (Å²) in [6.07, 6.45) is 0. The predicted molar refractivity (Wildman–Crippen MR) is 87.8 cm³/mol. The van der Waals surface area contributed by atoms with Gasteiger partial charge in [-0.1, -0.05) is 0 Å². The summed E-state index contributed by atoms with van der Waals surface area (Å²) in [6.45, 7) is 5.36. The monoisotopic (exact) mass is 336 g/mol. The van der Waals surface area contributed by atoms with Crippen LogP contribution in [0.1, 0.15) is 16.4 Å². The highest BCUT2D eigenvalue weighted by Crippen LogP contribution is 2.27. The first-order chi connectivity index (χ1) is 10.3. The molecule has 22 heavy (non-hydrogen) atoms. The zero-order valence-corrected chi connectivity index (χ0v) is 14.3. The first-order valence-electron chi connectivity index (χ1n) is 6.68. The van der Waals surface area contributed by atoms with Crippen LogP contribution in [-0.2, 0) is 17.1 Å². The number of anilines is 1. The van der Waals surface area contributed by atoms with Crippen LogP contribution in [0.4, 0.5) is 5.69 Å². The van der Waals surface area contributed by atoms with Gasteiger partial charge in [0.2, 0.25) is 0 Å². The van der Waals surface area contributed by atoms with Crippen LogP contribution >= 0.6 is 11.3 Å². The van der Waals surface area contributed by atoms with Crippen molar-refractivity contribution < 1.29 is 8.42 Å². The number of aryl methyl sites for hydroxylation is 3. The standard InChI is InChI=1S/C14H16N4O2S2/c1-8-14(9(2)18(4)16-8)22(19,20)17-11-5-6-12-13(7-11)21-10(3)15-12/h5-7,17H,1-4H3. The van der Waals surface area contributed by atoms with E-state index in [1.807, 2.05) is 13.0 Å². The summed E-state index contributed by atoms with van der Waals surface area (Å²) in [5.74, 6) is 0. The molecule has 8 heteroatoms. The Kier molecular flexibility index (Phi) is 3.45. The number of nitrogens with one attached hydrogen (secondary N) is 1.